The van der Waals surface area contributed by atoms with Gasteiger partial charge in [-0.05, 0) is 68.6 Å². The summed E-state index contributed by atoms with van der Waals surface area (Å²) in [7, 11) is -1.77. The Morgan fingerprint density at radius 3 is 2.47 bits per heavy atom. The Hall–Kier alpha value is -2.22. The van der Waals surface area contributed by atoms with E-state index in [1.807, 2.05) is 24.3 Å². The zero-order chi connectivity index (χ0) is 21.9. The summed E-state index contributed by atoms with van der Waals surface area (Å²) >= 11 is 0. The SMILES string of the molecule is Cc1cc(C(=O)Nc2ccccc2CN(C)C2CCCCC2)cc(S(N)(=O)=O)c1C. The first-order valence-corrected chi connectivity index (χ1v) is 11.9. The summed E-state index contributed by atoms with van der Waals surface area (Å²) in [6.07, 6.45) is 6.28. The number of benzene rings is 2. The molecule has 0 unspecified atom stereocenters. The van der Waals surface area contributed by atoms with Crippen molar-refractivity contribution in [2.24, 2.45) is 5.14 Å². The van der Waals surface area contributed by atoms with E-state index in [9.17, 15) is 13.2 Å². The van der Waals surface area contributed by atoms with Crippen LogP contribution in [0.3, 0.4) is 0 Å². The molecule has 1 saturated carbocycles. The zero-order valence-corrected chi connectivity index (χ0v) is 18.8. The minimum Gasteiger partial charge on any atom is -0.322 e. The third kappa shape index (κ3) is 5.28. The van der Waals surface area contributed by atoms with Gasteiger partial charge in [0.25, 0.3) is 5.91 Å². The minimum atomic E-state index is -3.91. The molecule has 0 spiro atoms. The number of sulfonamides is 1. The van der Waals surface area contributed by atoms with Crippen LogP contribution in [0.5, 0.6) is 0 Å². The lowest BCUT2D eigenvalue weighted by Crippen LogP contribution is -2.33. The van der Waals surface area contributed by atoms with Gasteiger partial charge in [0.1, 0.15) is 0 Å². The Kier molecular flexibility index (Phi) is 6.95. The monoisotopic (exact) mass is 429 g/mol. The molecule has 1 fully saturated rings. The predicted molar refractivity (Wildman–Crippen MR) is 120 cm³/mol. The van der Waals surface area contributed by atoms with Crippen molar-refractivity contribution in [1.82, 2.24) is 4.90 Å². The lowest BCUT2D eigenvalue weighted by atomic mass is 9.94. The van der Waals surface area contributed by atoms with E-state index in [4.69, 9.17) is 5.14 Å². The van der Waals surface area contributed by atoms with Crippen LogP contribution in [0.15, 0.2) is 41.3 Å². The number of hydrogen-bond acceptors (Lipinski definition) is 4. The summed E-state index contributed by atoms with van der Waals surface area (Å²) in [5, 5.41) is 8.29. The molecule has 3 N–H and O–H groups in total. The highest BCUT2D eigenvalue weighted by atomic mass is 32.2. The first-order valence-electron chi connectivity index (χ1n) is 10.4. The summed E-state index contributed by atoms with van der Waals surface area (Å²) in [5.41, 5.74) is 3.31. The predicted octanol–water partition coefficient (Wildman–Crippen LogP) is 3.97. The van der Waals surface area contributed by atoms with Crippen molar-refractivity contribution >= 4 is 21.6 Å². The molecular weight excluding hydrogens is 398 g/mol. The van der Waals surface area contributed by atoms with Gasteiger partial charge in [0.05, 0.1) is 4.90 Å². The number of amides is 1. The summed E-state index contributed by atoms with van der Waals surface area (Å²) in [6, 6.07) is 11.4. The fraction of sp³-hybridized carbons (Fsp3) is 0.435. The number of hydrogen-bond donors (Lipinski definition) is 2. The quantitative estimate of drug-likeness (QED) is 0.727. The molecule has 0 aromatic heterocycles. The highest BCUT2D eigenvalue weighted by Crippen LogP contribution is 2.26. The molecule has 1 aliphatic rings. The molecular formula is C23H31N3O3S. The van der Waals surface area contributed by atoms with E-state index >= 15 is 0 Å². The smallest absolute Gasteiger partial charge is 0.255 e. The molecule has 2 aromatic carbocycles. The van der Waals surface area contributed by atoms with Gasteiger partial charge in [0.2, 0.25) is 10.0 Å². The van der Waals surface area contributed by atoms with E-state index in [2.05, 4.69) is 17.3 Å². The highest BCUT2D eigenvalue weighted by molar-refractivity contribution is 7.89. The lowest BCUT2D eigenvalue weighted by molar-refractivity contribution is 0.102. The van der Waals surface area contributed by atoms with Gasteiger partial charge in [-0.2, -0.15) is 0 Å². The van der Waals surface area contributed by atoms with Gasteiger partial charge in [0.15, 0.2) is 0 Å². The Balaban J connectivity index is 1.82. The van der Waals surface area contributed by atoms with Gasteiger partial charge in [-0.3, -0.25) is 9.69 Å². The second-order valence-electron chi connectivity index (χ2n) is 8.28. The number of aryl methyl sites for hydroxylation is 1. The number of primary sulfonamides is 1. The van der Waals surface area contributed by atoms with Crippen LogP contribution in [-0.4, -0.2) is 32.3 Å². The van der Waals surface area contributed by atoms with Crippen molar-refractivity contribution in [2.45, 2.75) is 63.4 Å². The second-order valence-corrected chi connectivity index (χ2v) is 9.81. The molecule has 30 heavy (non-hydrogen) atoms. The molecule has 0 aliphatic heterocycles. The van der Waals surface area contributed by atoms with Gasteiger partial charge in [-0.25, -0.2) is 13.6 Å². The van der Waals surface area contributed by atoms with Gasteiger partial charge < -0.3 is 5.32 Å². The highest BCUT2D eigenvalue weighted by Gasteiger charge is 2.20. The Morgan fingerprint density at radius 2 is 1.80 bits per heavy atom. The molecule has 0 heterocycles. The largest absolute Gasteiger partial charge is 0.322 e. The number of carbonyl (C=O) groups is 1. The van der Waals surface area contributed by atoms with Crippen LogP contribution < -0.4 is 10.5 Å². The fourth-order valence-corrected chi connectivity index (χ4v) is 5.03. The van der Waals surface area contributed by atoms with E-state index in [0.717, 1.165) is 17.8 Å². The molecule has 1 aliphatic carbocycles. The van der Waals surface area contributed by atoms with Crippen LogP contribution in [0.25, 0.3) is 0 Å². The van der Waals surface area contributed by atoms with Crippen molar-refractivity contribution in [3.63, 3.8) is 0 Å². The molecule has 7 heteroatoms. The van der Waals surface area contributed by atoms with E-state index in [1.54, 1.807) is 19.9 Å². The number of anilines is 1. The maximum Gasteiger partial charge on any atom is 0.255 e. The van der Waals surface area contributed by atoms with Gasteiger partial charge >= 0.3 is 0 Å². The van der Waals surface area contributed by atoms with Crippen molar-refractivity contribution in [1.29, 1.82) is 0 Å². The maximum absolute atomic E-state index is 12.9. The van der Waals surface area contributed by atoms with Crippen molar-refractivity contribution < 1.29 is 13.2 Å². The Morgan fingerprint density at radius 1 is 1.13 bits per heavy atom. The summed E-state index contributed by atoms with van der Waals surface area (Å²) in [4.78, 5) is 15.3. The van der Waals surface area contributed by atoms with E-state index in [1.165, 1.54) is 38.2 Å². The third-order valence-corrected chi connectivity index (χ3v) is 7.11. The van der Waals surface area contributed by atoms with Gasteiger partial charge in [0, 0.05) is 23.8 Å². The summed E-state index contributed by atoms with van der Waals surface area (Å²) in [5.74, 6) is -0.351. The normalized spacial score (nSPS) is 15.4. The number of nitrogens with two attached hydrogens (primary N) is 1. The standard InChI is InChI=1S/C23H31N3O3S/c1-16-13-19(14-22(17(16)2)30(24,28)29)23(27)25-21-12-8-7-9-18(21)15-26(3)20-10-5-4-6-11-20/h7-9,12-14,20H,4-6,10-11,15H2,1-3H3,(H,25,27)(H2,24,28,29). The Bertz CT molecular complexity index is 1030. The lowest BCUT2D eigenvalue weighted by Gasteiger charge is -2.31. The molecule has 0 atom stereocenters. The molecule has 2 aromatic rings. The minimum absolute atomic E-state index is 0.0158. The molecule has 0 radical (unpaired) electrons. The topological polar surface area (TPSA) is 92.5 Å². The molecule has 3 rings (SSSR count). The van der Waals surface area contributed by atoms with Crippen molar-refractivity contribution in [3.8, 4) is 0 Å². The molecule has 1 amide bonds. The van der Waals surface area contributed by atoms with E-state index in [0.29, 0.717) is 17.2 Å². The van der Waals surface area contributed by atoms with Crippen molar-refractivity contribution in [3.05, 3.63) is 58.7 Å². The summed E-state index contributed by atoms with van der Waals surface area (Å²) in [6.45, 7) is 4.21. The van der Waals surface area contributed by atoms with Gasteiger partial charge in [-0.15, -0.1) is 0 Å². The van der Waals surface area contributed by atoms with E-state index < -0.39 is 10.0 Å². The number of carbonyl (C=O) groups excluding carboxylic acids is 1. The summed E-state index contributed by atoms with van der Waals surface area (Å²) < 4.78 is 23.8. The Labute approximate surface area is 179 Å². The second kappa shape index (κ2) is 9.29. The van der Waals surface area contributed by atoms with Crippen LogP contribution in [0.4, 0.5) is 5.69 Å². The van der Waals surface area contributed by atoms with Crippen molar-refractivity contribution in [2.75, 3.05) is 12.4 Å². The number of nitrogens with zero attached hydrogens (tertiary/aromatic N) is 1. The molecule has 6 nitrogen and oxygen atoms in total. The number of nitrogens with one attached hydrogen (secondary N) is 1. The average molecular weight is 430 g/mol. The molecule has 162 valence electrons. The van der Waals surface area contributed by atoms with Crippen LogP contribution in [0.2, 0.25) is 0 Å². The molecule has 0 bridgehead atoms. The van der Waals surface area contributed by atoms with Gasteiger partial charge in [-0.1, -0.05) is 37.5 Å². The zero-order valence-electron chi connectivity index (χ0n) is 17.9. The third-order valence-electron chi connectivity index (χ3n) is 6.07. The van der Waals surface area contributed by atoms with Crippen LogP contribution in [0, 0.1) is 13.8 Å². The number of rotatable bonds is 6. The average Bonchev–Trinajstić information content (AvgIpc) is 2.71. The van der Waals surface area contributed by atoms with Crippen LogP contribution in [-0.2, 0) is 16.6 Å². The van der Waals surface area contributed by atoms with Crippen LogP contribution >= 0.6 is 0 Å². The van der Waals surface area contributed by atoms with E-state index in [-0.39, 0.29) is 16.4 Å². The number of para-hydroxylation sites is 1. The maximum atomic E-state index is 12.9. The first-order chi connectivity index (χ1) is 14.2. The fourth-order valence-electron chi connectivity index (χ4n) is 4.15. The van der Waals surface area contributed by atoms with Crippen LogP contribution in [0.1, 0.15) is 59.2 Å². The first kappa shape index (κ1) is 22.5. The molecule has 0 saturated heterocycles.